The van der Waals surface area contributed by atoms with E-state index in [1.165, 1.54) is 6.07 Å². The maximum Gasteiger partial charge on any atom is 0.336 e. The lowest BCUT2D eigenvalue weighted by molar-refractivity contribution is 0.0690. The second-order valence-corrected chi connectivity index (χ2v) is 5.77. The number of aromatic carboxylic acids is 1. The van der Waals surface area contributed by atoms with Gasteiger partial charge < -0.3 is 20.1 Å². The van der Waals surface area contributed by atoms with Gasteiger partial charge >= 0.3 is 5.97 Å². The van der Waals surface area contributed by atoms with Crippen molar-refractivity contribution in [3.8, 4) is 0 Å². The Bertz CT molecular complexity index is 682. The van der Waals surface area contributed by atoms with Crippen molar-refractivity contribution in [1.82, 2.24) is 10.3 Å². The Labute approximate surface area is 134 Å². The molecule has 23 heavy (non-hydrogen) atoms. The minimum Gasteiger partial charge on any atom is -0.478 e. The van der Waals surface area contributed by atoms with Crippen LogP contribution >= 0.6 is 0 Å². The molecule has 122 valence electrons. The number of carboxylic acids is 1. The Balaban J connectivity index is 2.07. The summed E-state index contributed by atoms with van der Waals surface area (Å²) in [4.78, 5) is 30.2. The molecule has 0 aromatic carbocycles. The van der Waals surface area contributed by atoms with Crippen LogP contribution in [0.2, 0.25) is 0 Å². The van der Waals surface area contributed by atoms with Gasteiger partial charge in [0.2, 0.25) is 0 Å². The van der Waals surface area contributed by atoms with Crippen molar-refractivity contribution in [2.45, 2.75) is 25.2 Å². The Morgan fingerprint density at radius 3 is 2.91 bits per heavy atom. The number of nitrogens with one attached hydrogen (secondary N) is 1. The molecule has 0 atom stereocenters. The van der Waals surface area contributed by atoms with Crippen LogP contribution in [-0.4, -0.2) is 42.2 Å². The van der Waals surface area contributed by atoms with Crippen molar-refractivity contribution in [3.63, 3.8) is 0 Å². The molecule has 1 aromatic heterocycles. The third-order valence-electron chi connectivity index (χ3n) is 4.04. The Morgan fingerprint density at radius 2 is 2.30 bits per heavy atom. The second-order valence-electron chi connectivity index (χ2n) is 5.77. The van der Waals surface area contributed by atoms with Crippen molar-refractivity contribution >= 4 is 17.7 Å². The quantitative estimate of drug-likeness (QED) is 0.776. The van der Waals surface area contributed by atoms with E-state index in [0.717, 1.165) is 18.5 Å². The van der Waals surface area contributed by atoms with E-state index in [9.17, 15) is 14.7 Å². The van der Waals surface area contributed by atoms with Gasteiger partial charge in [0.1, 0.15) is 11.6 Å². The predicted molar refractivity (Wildman–Crippen MR) is 83.6 cm³/mol. The first-order valence-corrected chi connectivity index (χ1v) is 7.58. The van der Waals surface area contributed by atoms with Gasteiger partial charge in [0.05, 0.1) is 11.1 Å². The summed E-state index contributed by atoms with van der Waals surface area (Å²) >= 11 is 0. The van der Waals surface area contributed by atoms with Crippen molar-refractivity contribution in [2.24, 2.45) is 0 Å². The van der Waals surface area contributed by atoms with E-state index in [1.807, 2.05) is 0 Å². The van der Waals surface area contributed by atoms with E-state index in [4.69, 9.17) is 4.74 Å². The molecule has 1 aliphatic heterocycles. The average Bonchev–Trinajstić information content (AvgIpc) is 3.34. The third-order valence-corrected chi connectivity index (χ3v) is 4.04. The van der Waals surface area contributed by atoms with E-state index in [2.05, 4.69) is 16.9 Å². The van der Waals surface area contributed by atoms with E-state index < -0.39 is 11.9 Å². The van der Waals surface area contributed by atoms with Crippen LogP contribution in [0.25, 0.3) is 0 Å². The summed E-state index contributed by atoms with van der Waals surface area (Å²) in [5, 5.41) is 12.1. The summed E-state index contributed by atoms with van der Waals surface area (Å²) in [6, 6.07) is 1.53. The van der Waals surface area contributed by atoms with E-state index in [0.29, 0.717) is 31.2 Å². The van der Waals surface area contributed by atoms with Crippen LogP contribution in [0.5, 0.6) is 0 Å². The molecule has 1 aromatic rings. The fourth-order valence-electron chi connectivity index (χ4n) is 2.72. The number of carboxylic acid groups (broad SMARTS) is 1. The molecule has 0 radical (unpaired) electrons. The lowest BCUT2D eigenvalue weighted by Crippen LogP contribution is -2.43. The van der Waals surface area contributed by atoms with Crippen molar-refractivity contribution in [1.29, 1.82) is 0 Å². The molecule has 3 rings (SSSR count). The molecule has 1 fully saturated rings. The highest BCUT2D eigenvalue weighted by molar-refractivity contribution is 6.10. The van der Waals surface area contributed by atoms with Crippen LogP contribution in [0.1, 0.15) is 51.6 Å². The van der Waals surface area contributed by atoms with Gasteiger partial charge in [0.25, 0.3) is 5.91 Å². The van der Waals surface area contributed by atoms with Gasteiger partial charge in [-0.2, -0.15) is 0 Å². The lowest BCUT2D eigenvalue weighted by Gasteiger charge is -2.32. The van der Waals surface area contributed by atoms with Crippen molar-refractivity contribution < 1.29 is 19.4 Å². The first-order chi connectivity index (χ1) is 11.0. The minimum atomic E-state index is -1.12. The summed E-state index contributed by atoms with van der Waals surface area (Å²) in [7, 11) is 1.62. The largest absolute Gasteiger partial charge is 0.478 e. The monoisotopic (exact) mass is 317 g/mol. The zero-order valence-corrected chi connectivity index (χ0v) is 13.0. The number of fused-ring (bicyclic) bond motifs is 1. The molecule has 1 saturated carbocycles. The van der Waals surface area contributed by atoms with Gasteiger partial charge in [-0.25, -0.2) is 9.78 Å². The van der Waals surface area contributed by atoms with Crippen LogP contribution in [0.15, 0.2) is 18.5 Å². The number of ether oxygens (including phenoxy) is 1. The molecule has 2 N–H and O–H groups in total. The molecule has 7 heteroatoms. The molecule has 0 unspecified atom stereocenters. The van der Waals surface area contributed by atoms with Crippen molar-refractivity contribution in [3.05, 3.63) is 35.3 Å². The topological polar surface area (TPSA) is 91.8 Å². The fraction of sp³-hybridized carbons (Fsp3) is 0.438. The normalized spacial score (nSPS) is 17.0. The van der Waals surface area contributed by atoms with Gasteiger partial charge in [-0.3, -0.25) is 4.79 Å². The average molecular weight is 317 g/mol. The molecule has 1 aliphatic carbocycles. The van der Waals surface area contributed by atoms with Gasteiger partial charge in [-0.15, -0.1) is 0 Å². The summed E-state index contributed by atoms with van der Waals surface area (Å²) < 4.78 is 5.05. The Hall–Kier alpha value is -2.41. The molecule has 1 amide bonds. The summed E-state index contributed by atoms with van der Waals surface area (Å²) in [5.41, 5.74) is 0.839. The standard InChI is InChI=1S/C16H19N3O4/c1-9-17-15(20)13-11(16(21)22)8-12(10-4-5-10)18-14(13)19(9)6-3-7-23-2/h8,10H,1,3-7H2,2H3,(H,17,20)(H,21,22). The molecule has 0 bridgehead atoms. The molecular formula is C16H19N3O4. The van der Waals surface area contributed by atoms with E-state index in [1.54, 1.807) is 12.0 Å². The zero-order chi connectivity index (χ0) is 16.6. The third kappa shape index (κ3) is 2.92. The van der Waals surface area contributed by atoms with Crippen LogP contribution in [0, 0.1) is 0 Å². The first-order valence-electron chi connectivity index (χ1n) is 7.58. The van der Waals surface area contributed by atoms with Crippen LogP contribution < -0.4 is 10.2 Å². The maximum atomic E-state index is 12.3. The second kappa shape index (κ2) is 6.00. The number of methoxy groups -OCH3 is 1. The number of aromatic nitrogens is 1. The molecule has 0 spiro atoms. The molecule has 7 nitrogen and oxygen atoms in total. The van der Waals surface area contributed by atoms with Gasteiger partial charge in [0.15, 0.2) is 0 Å². The van der Waals surface area contributed by atoms with Gasteiger partial charge in [-0.1, -0.05) is 6.58 Å². The number of rotatable bonds is 6. The van der Waals surface area contributed by atoms with Gasteiger partial charge in [-0.05, 0) is 25.3 Å². The highest BCUT2D eigenvalue weighted by Crippen LogP contribution is 2.41. The Kier molecular flexibility index (Phi) is 4.04. The number of pyridine rings is 1. The number of hydrogen-bond acceptors (Lipinski definition) is 5. The maximum absolute atomic E-state index is 12.3. The smallest absolute Gasteiger partial charge is 0.336 e. The number of carbonyl (C=O) groups excluding carboxylic acids is 1. The van der Waals surface area contributed by atoms with Crippen LogP contribution in [0.3, 0.4) is 0 Å². The molecule has 2 aliphatic rings. The fourth-order valence-corrected chi connectivity index (χ4v) is 2.72. The number of carbonyl (C=O) groups is 2. The molecule has 0 saturated heterocycles. The summed E-state index contributed by atoms with van der Waals surface area (Å²) in [6.07, 6.45) is 2.71. The highest BCUT2D eigenvalue weighted by atomic mass is 16.5. The first kappa shape index (κ1) is 15.5. The number of anilines is 1. The molecule has 2 heterocycles. The van der Waals surface area contributed by atoms with E-state index >= 15 is 0 Å². The Morgan fingerprint density at radius 1 is 1.57 bits per heavy atom. The summed E-state index contributed by atoms with van der Waals surface area (Å²) in [6.45, 7) is 4.95. The predicted octanol–water partition coefficient (Wildman–Crippen LogP) is 1.71. The van der Waals surface area contributed by atoms with Gasteiger partial charge in [0, 0.05) is 31.9 Å². The van der Waals surface area contributed by atoms with Crippen molar-refractivity contribution in [2.75, 3.05) is 25.2 Å². The number of amides is 1. The number of nitrogens with zero attached hydrogens (tertiary/aromatic N) is 2. The lowest BCUT2D eigenvalue weighted by atomic mass is 10.0. The van der Waals surface area contributed by atoms with Crippen LogP contribution in [-0.2, 0) is 4.74 Å². The van der Waals surface area contributed by atoms with Crippen LogP contribution in [0.4, 0.5) is 5.82 Å². The highest BCUT2D eigenvalue weighted by Gasteiger charge is 2.35. The van der Waals surface area contributed by atoms with E-state index in [-0.39, 0.29) is 17.0 Å². The number of hydrogen-bond donors (Lipinski definition) is 2. The summed E-state index contributed by atoms with van der Waals surface area (Å²) in [5.74, 6) is -0.505. The molecular weight excluding hydrogens is 298 g/mol. The minimum absolute atomic E-state index is 0.00126. The SMILES string of the molecule is C=C1NC(=O)c2c(C(=O)O)cc(C3CC3)nc2N1CCCOC. The zero-order valence-electron chi connectivity index (χ0n) is 13.0.